The summed E-state index contributed by atoms with van der Waals surface area (Å²) in [6, 6.07) is 8.85. The molecular formula is C23H29N7O5S2. The molecule has 4 rings (SSSR count). The van der Waals surface area contributed by atoms with Crippen molar-refractivity contribution < 1.29 is 23.4 Å². The molecule has 0 unspecified atom stereocenters. The molecule has 0 atom stereocenters. The Morgan fingerprint density at radius 3 is 2.46 bits per heavy atom. The third-order valence-corrected chi connectivity index (χ3v) is 7.52. The van der Waals surface area contributed by atoms with Gasteiger partial charge in [-0.25, -0.2) is 18.2 Å². The molecule has 1 saturated heterocycles. The van der Waals surface area contributed by atoms with Crippen molar-refractivity contribution in [1.82, 2.24) is 15.0 Å². The average molecular weight is 548 g/mol. The number of aliphatic hydroxyl groups excluding tert-OH is 1. The van der Waals surface area contributed by atoms with Gasteiger partial charge < -0.3 is 20.4 Å². The molecular weight excluding hydrogens is 518 g/mol. The Bertz CT molecular complexity index is 1350. The van der Waals surface area contributed by atoms with Crippen LogP contribution in [0.25, 0.3) is 0 Å². The number of carboxylic acid groups (broad SMARTS) is 1. The lowest BCUT2D eigenvalue weighted by atomic mass is 9.98. The minimum atomic E-state index is -3.35. The molecule has 0 spiro atoms. The van der Waals surface area contributed by atoms with E-state index in [0.717, 1.165) is 49.1 Å². The molecule has 1 fully saturated rings. The van der Waals surface area contributed by atoms with Crippen molar-refractivity contribution >= 4 is 55.7 Å². The molecule has 12 nitrogen and oxygen atoms in total. The van der Waals surface area contributed by atoms with Crippen LogP contribution in [0.4, 0.5) is 28.4 Å². The number of sulfonamides is 1. The van der Waals surface area contributed by atoms with E-state index in [2.05, 4.69) is 35.2 Å². The Balaban J connectivity index is 1.54. The first-order valence-electron chi connectivity index (χ1n) is 11.6. The number of carboxylic acids is 1. The number of anilines is 5. The summed E-state index contributed by atoms with van der Waals surface area (Å²) < 4.78 is 25.3. The lowest BCUT2D eigenvalue weighted by Crippen LogP contribution is -2.35. The molecule has 3 heterocycles. The van der Waals surface area contributed by atoms with Crippen molar-refractivity contribution in [3.05, 3.63) is 46.5 Å². The monoisotopic (exact) mass is 547 g/mol. The van der Waals surface area contributed by atoms with E-state index in [1.54, 1.807) is 19.1 Å². The maximum absolute atomic E-state index is 11.4. The number of aliphatic hydroxyl groups is 1. The fraction of sp³-hybridized carbons (Fsp3) is 0.391. The van der Waals surface area contributed by atoms with Gasteiger partial charge in [-0.3, -0.25) is 10.0 Å². The fourth-order valence-electron chi connectivity index (χ4n) is 3.93. The van der Waals surface area contributed by atoms with E-state index >= 15 is 0 Å². The number of hydrogen-bond donors (Lipinski definition) is 5. The Kier molecular flexibility index (Phi) is 8.10. The van der Waals surface area contributed by atoms with Gasteiger partial charge in [-0.05, 0) is 43.4 Å². The fourth-order valence-corrected chi connectivity index (χ4v) is 5.29. The number of aryl methyl sites for hydroxylation is 1. The normalized spacial score (nSPS) is 14.4. The summed E-state index contributed by atoms with van der Waals surface area (Å²) in [6.45, 7) is 3.73. The zero-order chi connectivity index (χ0) is 26.6. The van der Waals surface area contributed by atoms with Crippen molar-refractivity contribution in [3.63, 3.8) is 0 Å². The first-order valence-corrected chi connectivity index (χ1v) is 14.3. The number of rotatable bonds is 10. The lowest BCUT2D eigenvalue weighted by Gasteiger charge is -2.32. The highest BCUT2D eigenvalue weighted by atomic mass is 32.2. The molecule has 0 aliphatic carbocycles. The van der Waals surface area contributed by atoms with Crippen molar-refractivity contribution in [1.29, 1.82) is 0 Å². The van der Waals surface area contributed by atoms with Gasteiger partial charge in [0.1, 0.15) is 16.5 Å². The van der Waals surface area contributed by atoms with Crippen LogP contribution in [0, 0.1) is 12.8 Å². The largest absolute Gasteiger partial charge is 0.477 e. The molecule has 1 aromatic carbocycles. The van der Waals surface area contributed by atoms with Crippen LogP contribution in [0.1, 0.15) is 33.8 Å². The molecule has 37 heavy (non-hydrogen) atoms. The van der Waals surface area contributed by atoms with Gasteiger partial charge in [0.2, 0.25) is 16.0 Å². The summed E-state index contributed by atoms with van der Waals surface area (Å²) in [6.07, 6.45) is 2.81. The van der Waals surface area contributed by atoms with E-state index < -0.39 is 16.0 Å². The maximum atomic E-state index is 11.4. The standard InChI is InChI=1S/C23H29N7O5S2/c1-14-20(21(32)33)36-23(25-14)28-22-26-18(11-19(27-22)30-9-7-16(13-31)8-10-30)24-12-15-3-5-17(6-4-15)29-37(2,34)35/h3-6,11,16,29,31H,7-10,12-13H2,1-2H3,(H,32,33)(H2,24,25,26,27,28). The van der Waals surface area contributed by atoms with Crippen molar-refractivity contribution in [2.75, 3.05) is 46.2 Å². The average Bonchev–Trinajstić information content (AvgIpc) is 3.22. The van der Waals surface area contributed by atoms with E-state index in [4.69, 9.17) is 0 Å². The van der Waals surface area contributed by atoms with E-state index in [-0.39, 0.29) is 23.4 Å². The number of aromatic nitrogens is 3. The van der Waals surface area contributed by atoms with Crippen molar-refractivity contribution in [2.45, 2.75) is 26.3 Å². The number of benzene rings is 1. The SMILES string of the molecule is Cc1nc(Nc2nc(NCc3ccc(NS(C)(=O)=O)cc3)cc(N3CCC(CO)CC3)n2)sc1C(=O)O. The van der Waals surface area contributed by atoms with Gasteiger partial charge in [0.05, 0.1) is 11.9 Å². The van der Waals surface area contributed by atoms with Gasteiger partial charge in [0.15, 0.2) is 5.13 Å². The van der Waals surface area contributed by atoms with E-state index in [1.807, 2.05) is 18.2 Å². The predicted molar refractivity (Wildman–Crippen MR) is 143 cm³/mol. The summed E-state index contributed by atoms with van der Waals surface area (Å²) in [4.78, 5) is 27.2. The lowest BCUT2D eigenvalue weighted by molar-refractivity contribution is 0.0701. The first-order chi connectivity index (χ1) is 17.6. The Hall–Kier alpha value is -3.49. The Morgan fingerprint density at radius 2 is 1.86 bits per heavy atom. The summed E-state index contributed by atoms with van der Waals surface area (Å²) >= 11 is 1.02. The maximum Gasteiger partial charge on any atom is 0.347 e. The Labute approximate surface area is 218 Å². The van der Waals surface area contributed by atoms with Crippen LogP contribution in [-0.4, -0.2) is 65.5 Å². The van der Waals surface area contributed by atoms with Crippen molar-refractivity contribution in [3.8, 4) is 0 Å². The summed E-state index contributed by atoms with van der Waals surface area (Å²) in [7, 11) is -3.35. The molecule has 2 aromatic heterocycles. The highest BCUT2D eigenvalue weighted by Gasteiger charge is 2.21. The quantitative estimate of drug-likeness (QED) is 0.253. The van der Waals surface area contributed by atoms with E-state index in [0.29, 0.717) is 34.7 Å². The highest BCUT2D eigenvalue weighted by molar-refractivity contribution is 7.92. The molecule has 0 amide bonds. The van der Waals surface area contributed by atoms with E-state index in [1.165, 1.54) is 0 Å². The van der Waals surface area contributed by atoms with Crippen LogP contribution >= 0.6 is 11.3 Å². The molecule has 0 saturated carbocycles. The number of nitrogens with zero attached hydrogens (tertiary/aromatic N) is 4. The summed E-state index contributed by atoms with van der Waals surface area (Å²) in [5.41, 5.74) is 1.81. The van der Waals surface area contributed by atoms with Gasteiger partial charge in [0, 0.05) is 38.0 Å². The molecule has 14 heteroatoms. The second-order valence-electron chi connectivity index (χ2n) is 8.84. The minimum absolute atomic E-state index is 0.150. The zero-order valence-corrected chi connectivity index (χ0v) is 22.1. The number of aromatic carboxylic acids is 1. The Morgan fingerprint density at radius 1 is 1.16 bits per heavy atom. The van der Waals surface area contributed by atoms with Crippen LogP contribution in [0.5, 0.6) is 0 Å². The summed E-state index contributed by atoms with van der Waals surface area (Å²) in [5.74, 6) is 0.783. The molecule has 1 aliphatic rings. The first kappa shape index (κ1) is 26.6. The van der Waals surface area contributed by atoms with Gasteiger partial charge in [-0.15, -0.1) is 0 Å². The predicted octanol–water partition coefficient (Wildman–Crippen LogP) is 2.88. The van der Waals surface area contributed by atoms with Crippen LogP contribution in [0.2, 0.25) is 0 Å². The van der Waals surface area contributed by atoms with Gasteiger partial charge in [0.25, 0.3) is 0 Å². The van der Waals surface area contributed by atoms with Crippen LogP contribution < -0.4 is 20.3 Å². The second-order valence-corrected chi connectivity index (χ2v) is 11.6. The molecule has 0 radical (unpaired) electrons. The van der Waals surface area contributed by atoms with Crippen molar-refractivity contribution in [2.24, 2.45) is 5.92 Å². The second kappa shape index (κ2) is 11.3. The smallest absolute Gasteiger partial charge is 0.347 e. The number of nitrogens with one attached hydrogen (secondary N) is 3. The van der Waals surface area contributed by atoms with Gasteiger partial charge >= 0.3 is 5.97 Å². The van der Waals surface area contributed by atoms with Crippen LogP contribution in [-0.2, 0) is 16.6 Å². The molecule has 198 valence electrons. The third kappa shape index (κ3) is 7.27. The molecule has 3 aromatic rings. The third-order valence-electron chi connectivity index (χ3n) is 5.85. The summed E-state index contributed by atoms with van der Waals surface area (Å²) in [5, 5.41) is 25.5. The zero-order valence-electron chi connectivity index (χ0n) is 20.4. The van der Waals surface area contributed by atoms with Crippen LogP contribution in [0.15, 0.2) is 30.3 Å². The van der Waals surface area contributed by atoms with Gasteiger partial charge in [-0.1, -0.05) is 23.5 Å². The van der Waals surface area contributed by atoms with Crippen LogP contribution in [0.3, 0.4) is 0 Å². The van der Waals surface area contributed by atoms with E-state index in [9.17, 15) is 23.4 Å². The topological polar surface area (TPSA) is 170 Å². The number of hydrogen-bond acceptors (Lipinski definition) is 11. The van der Waals surface area contributed by atoms with Gasteiger partial charge in [-0.2, -0.15) is 9.97 Å². The molecule has 1 aliphatic heterocycles. The molecule has 0 bridgehead atoms. The highest BCUT2D eigenvalue weighted by Crippen LogP contribution is 2.28. The molecule has 5 N–H and O–H groups in total. The number of thiazole rings is 1. The number of piperidine rings is 1. The minimum Gasteiger partial charge on any atom is -0.477 e. The number of carbonyl (C=O) groups is 1.